The molecule has 1 amide bonds. The molecule has 2 saturated heterocycles. The molecular weight excluding hydrogens is 272 g/mol. The van der Waals surface area contributed by atoms with Crippen molar-refractivity contribution in [3.8, 4) is 0 Å². The minimum Gasteiger partial charge on any atom is -0.389 e. The van der Waals surface area contributed by atoms with Crippen LogP contribution in [0.25, 0.3) is 0 Å². The molecule has 1 aliphatic carbocycles. The molecule has 0 radical (unpaired) electrons. The van der Waals surface area contributed by atoms with E-state index in [0.29, 0.717) is 31.0 Å². The smallest absolute Gasteiger partial charge is 0.209 e. The van der Waals surface area contributed by atoms with E-state index >= 15 is 0 Å². The Kier molecular flexibility index (Phi) is 4.49. The number of aliphatic hydroxyl groups is 3. The Morgan fingerprint density at radius 1 is 1.05 bits per heavy atom. The lowest BCUT2D eigenvalue weighted by Crippen LogP contribution is -2.56. The Labute approximate surface area is 125 Å². The summed E-state index contributed by atoms with van der Waals surface area (Å²) in [5, 5.41) is 29.1. The molecule has 21 heavy (non-hydrogen) atoms. The van der Waals surface area contributed by atoms with Crippen LogP contribution >= 0.6 is 0 Å². The summed E-state index contributed by atoms with van der Waals surface area (Å²) in [6.45, 7) is 2.48. The van der Waals surface area contributed by atoms with Gasteiger partial charge in [0, 0.05) is 32.2 Å². The monoisotopic (exact) mass is 298 g/mol. The Balaban J connectivity index is 1.54. The van der Waals surface area contributed by atoms with Crippen molar-refractivity contribution < 1.29 is 20.1 Å². The number of likely N-dealkylation sites (tertiary alicyclic amines) is 2. The van der Waals surface area contributed by atoms with Gasteiger partial charge >= 0.3 is 0 Å². The van der Waals surface area contributed by atoms with Crippen LogP contribution in [0.1, 0.15) is 25.7 Å². The molecule has 4 atom stereocenters. The van der Waals surface area contributed by atoms with Gasteiger partial charge in [0.25, 0.3) is 0 Å². The van der Waals surface area contributed by atoms with Crippen molar-refractivity contribution in [2.75, 3.05) is 26.2 Å². The standard InChI is InChI=1S/C15H26N2O4/c18-9-17-4-3-10(5-12(17)11-1-2-11)6-16-7-13(19)15(21)14(20)8-16/h9-15,19-21H,1-8H2. The van der Waals surface area contributed by atoms with E-state index in [1.807, 2.05) is 9.80 Å². The van der Waals surface area contributed by atoms with Gasteiger partial charge in [-0.05, 0) is 37.5 Å². The fourth-order valence-electron chi connectivity index (χ4n) is 3.92. The third-order valence-electron chi connectivity index (χ3n) is 5.29. The summed E-state index contributed by atoms with van der Waals surface area (Å²) in [6.07, 6.45) is 2.68. The molecule has 0 spiro atoms. The van der Waals surface area contributed by atoms with Gasteiger partial charge in [-0.15, -0.1) is 0 Å². The Bertz CT molecular complexity index is 365. The third kappa shape index (κ3) is 3.39. The lowest BCUT2D eigenvalue weighted by molar-refractivity contribution is -0.124. The molecule has 3 aliphatic rings. The summed E-state index contributed by atoms with van der Waals surface area (Å²) in [5.41, 5.74) is 0. The maximum Gasteiger partial charge on any atom is 0.209 e. The highest BCUT2D eigenvalue weighted by atomic mass is 16.4. The van der Waals surface area contributed by atoms with Gasteiger partial charge in [0.1, 0.15) is 6.10 Å². The molecule has 6 nitrogen and oxygen atoms in total. The first-order valence-corrected chi connectivity index (χ1v) is 8.06. The molecule has 4 unspecified atom stereocenters. The molecule has 3 N–H and O–H groups in total. The molecule has 0 aromatic carbocycles. The minimum atomic E-state index is -1.03. The van der Waals surface area contributed by atoms with Gasteiger partial charge < -0.3 is 20.2 Å². The Morgan fingerprint density at radius 3 is 2.29 bits per heavy atom. The van der Waals surface area contributed by atoms with E-state index in [9.17, 15) is 20.1 Å². The summed E-state index contributed by atoms with van der Waals surface area (Å²) in [7, 11) is 0. The zero-order chi connectivity index (χ0) is 15.0. The van der Waals surface area contributed by atoms with Gasteiger partial charge in [0.05, 0.1) is 12.2 Å². The lowest BCUT2D eigenvalue weighted by atomic mass is 9.87. The van der Waals surface area contributed by atoms with E-state index in [1.54, 1.807) is 0 Å². The van der Waals surface area contributed by atoms with Gasteiger partial charge in [-0.1, -0.05) is 0 Å². The second kappa shape index (κ2) is 6.20. The molecule has 1 saturated carbocycles. The van der Waals surface area contributed by atoms with Crippen molar-refractivity contribution in [3.05, 3.63) is 0 Å². The molecule has 120 valence electrons. The van der Waals surface area contributed by atoms with Gasteiger partial charge in [-0.2, -0.15) is 0 Å². The number of β-amino-alcohol motifs (C(OH)–C–C–N with tert-alkyl or cyclic N) is 2. The van der Waals surface area contributed by atoms with Crippen LogP contribution in [0.3, 0.4) is 0 Å². The summed E-state index contributed by atoms with van der Waals surface area (Å²) < 4.78 is 0. The molecule has 3 rings (SSSR count). The van der Waals surface area contributed by atoms with E-state index < -0.39 is 18.3 Å². The molecule has 0 aromatic heterocycles. The number of nitrogens with zero attached hydrogens (tertiary/aromatic N) is 2. The Morgan fingerprint density at radius 2 is 1.71 bits per heavy atom. The zero-order valence-corrected chi connectivity index (χ0v) is 12.3. The number of amides is 1. The lowest BCUT2D eigenvalue weighted by Gasteiger charge is -2.42. The molecule has 2 heterocycles. The summed E-state index contributed by atoms with van der Waals surface area (Å²) in [4.78, 5) is 15.1. The van der Waals surface area contributed by atoms with Crippen LogP contribution in [0.2, 0.25) is 0 Å². The Hall–Kier alpha value is -0.690. The highest BCUT2D eigenvalue weighted by Crippen LogP contribution is 2.40. The highest BCUT2D eigenvalue weighted by molar-refractivity contribution is 5.48. The number of piperidine rings is 2. The van der Waals surface area contributed by atoms with Gasteiger partial charge in [0.15, 0.2) is 0 Å². The van der Waals surface area contributed by atoms with Crippen LogP contribution in [0, 0.1) is 11.8 Å². The van der Waals surface area contributed by atoms with Crippen LogP contribution in [0.15, 0.2) is 0 Å². The van der Waals surface area contributed by atoms with Gasteiger partial charge in [-0.3, -0.25) is 9.69 Å². The fourth-order valence-corrected chi connectivity index (χ4v) is 3.92. The van der Waals surface area contributed by atoms with E-state index in [4.69, 9.17) is 0 Å². The normalized spacial score (nSPS) is 42.0. The quantitative estimate of drug-likeness (QED) is 0.582. The van der Waals surface area contributed by atoms with Crippen molar-refractivity contribution in [1.82, 2.24) is 9.80 Å². The number of aliphatic hydroxyl groups excluding tert-OH is 3. The van der Waals surface area contributed by atoms with Crippen LogP contribution < -0.4 is 0 Å². The SMILES string of the molecule is O=CN1CCC(CN2CC(O)C(O)C(O)C2)CC1C1CC1. The zero-order valence-electron chi connectivity index (χ0n) is 12.3. The molecule has 0 aromatic rings. The predicted molar refractivity (Wildman–Crippen MR) is 76.5 cm³/mol. The number of hydrogen-bond acceptors (Lipinski definition) is 5. The minimum absolute atomic E-state index is 0.381. The third-order valence-corrected chi connectivity index (χ3v) is 5.29. The van der Waals surface area contributed by atoms with Crippen molar-refractivity contribution in [1.29, 1.82) is 0 Å². The topological polar surface area (TPSA) is 84.2 Å². The second-order valence-electron chi connectivity index (χ2n) is 6.98. The van der Waals surface area contributed by atoms with Crippen molar-refractivity contribution in [2.45, 2.75) is 50.0 Å². The first kappa shape index (κ1) is 15.2. The second-order valence-corrected chi connectivity index (χ2v) is 6.98. The van der Waals surface area contributed by atoms with Crippen molar-refractivity contribution in [2.24, 2.45) is 11.8 Å². The first-order chi connectivity index (χ1) is 10.1. The van der Waals surface area contributed by atoms with Crippen LogP contribution in [0.5, 0.6) is 0 Å². The van der Waals surface area contributed by atoms with Crippen LogP contribution in [-0.4, -0.2) is 82.1 Å². The van der Waals surface area contributed by atoms with Gasteiger partial charge in [0.2, 0.25) is 6.41 Å². The van der Waals surface area contributed by atoms with E-state index in [-0.39, 0.29) is 0 Å². The number of rotatable bonds is 4. The average molecular weight is 298 g/mol. The molecular formula is C15H26N2O4. The van der Waals surface area contributed by atoms with Crippen molar-refractivity contribution in [3.63, 3.8) is 0 Å². The first-order valence-electron chi connectivity index (χ1n) is 8.06. The van der Waals surface area contributed by atoms with E-state index in [1.165, 1.54) is 12.8 Å². The predicted octanol–water partition coefficient (Wildman–Crippen LogP) is -0.968. The average Bonchev–Trinajstić information content (AvgIpc) is 3.29. The van der Waals surface area contributed by atoms with Crippen LogP contribution in [-0.2, 0) is 4.79 Å². The molecule has 2 aliphatic heterocycles. The van der Waals surface area contributed by atoms with E-state index in [0.717, 1.165) is 32.3 Å². The van der Waals surface area contributed by atoms with Crippen LogP contribution in [0.4, 0.5) is 0 Å². The summed E-state index contributed by atoms with van der Waals surface area (Å²) in [5.74, 6) is 1.18. The summed E-state index contributed by atoms with van der Waals surface area (Å²) >= 11 is 0. The van der Waals surface area contributed by atoms with Crippen molar-refractivity contribution >= 4 is 6.41 Å². The largest absolute Gasteiger partial charge is 0.389 e. The highest BCUT2D eigenvalue weighted by Gasteiger charge is 2.40. The molecule has 0 bridgehead atoms. The summed E-state index contributed by atoms with van der Waals surface area (Å²) in [6, 6.07) is 0.381. The maximum atomic E-state index is 11.1. The molecule has 6 heteroatoms. The fraction of sp³-hybridized carbons (Fsp3) is 0.933. The number of carbonyl (C=O) groups excluding carboxylic acids is 1. The maximum absolute atomic E-state index is 11.1. The van der Waals surface area contributed by atoms with Gasteiger partial charge in [-0.25, -0.2) is 0 Å². The number of hydrogen-bond donors (Lipinski definition) is 3. The molecule has 3 fully saturated rings. The number of carbonyl (C=O) groups is 1. The van der Waals surface area contributed by atoms with E-state index in [2.05, 4.69) is 0 Å².